The zero-order valence-electron chi connectivity index (χ0n) is 10.2. The van der Waals surface area contributed by atoms with E-state index in [0.29, 0.717) is 19.3 Å². The minimum absolute atomic E-state index is 0. The van der Waals surface area contributed by atoms with Crippen LogP contribution in [0.25, 0.3) is 0 Å². The average Bonchev–Trinajstić information content (AvgIpc) is 2.63. The Bertz CT molecular complexity index is 265. The van der Waals surface area contributed by atoms with Crippen LogP contribution in [0.1, 0.15) is 33.1 Å². The first-order chi connectivity index (χ1) is 7.56. The molecule has 17 heavy (non-hydrogen) atoms. The number of nitrogens with two attached hydrogens (primary N) is 1. The maximum atomic E-state index is 11.9. The third kappa shape index (κ3) is 3.33. The van der Waals surface area contributed by atoms with E-state index >= 15 is 0 Å². The molecule has 6 heteroatoms. The second-order valence-electron chi connectivity index (χ2n) is 4.03. The predicted molar refractivity (Wildman–Crippen MR) is 64.8 cm³/mol. The van der Waals surface area contributed by atoms with Crippen LogP contribution >= 0.6 is 12.4 Å². The van der Waals surface area contributed by atoms with Crippen molar-refractivity contribution in [3.63, 3.8) is 0 Å². The van der Waals surface area contributed by atoms with Gasteiger partial charge in [0.2, 0.25) is 0 Å². The van der Waals surface area contributed by atoms with Crippen LogP contribution in [-0.4, -0.2) is 31.2 Å². The van der Waals surface area contributed by atoms with Crippen LogP contribution in [0.4, 0.5) is 0 Å². The fraction of sp³-hybridized carbons (Fsp3) is 0.818. The smallest absolute Gasteiger partial charge is 0.323 e. The zero-order chi connectivity index (χ0) is 12.2. The van der Waals surface area contributed by atoms with E-state index in [1.807, 2.05) is 0 Å². The predicted octanol–water partition coefficient (Wildman–Crippen LogP) is 1.03. The first-order valence-electron chi connectivity index (χ1n) is 5.66. The maximum Gasteiger partial charge on any atom is 0.323 e. The van der Waals surface area contributed by atoms with Crippen LogP contribution in [-0.2, 0) is 19.1 Å². The topological polar surface area (TPSA) is 78.6 Å². The zero-order valence-corrected chi connectivity index (χ0v) is 11.0. The molecule has 1 aliphatic rings. The number of carbonyl (C=O) groups is 2. The number of halogens is 1. The number of hydrogen-bond acceptors (Lipinski definition) is 5. The third-order valence-corrected chi connectivity index (χ3v) is 2.88. The Morgan fingerprint density at radius 2 is 1.71 bits per heavy atom. The van der Waals surface area contributed by atoms with E-state index < -0.39 is 17.4 Å². The molecule has 0 aromatic rings. The quantitative estimate of drug-likeness (QED) is 0.607. The molecule has 1 atom stereocenters. The molecule has 1 aliphatic carbocycles. The number of esters is 2. The molecule has 100 valence electrons. The van der Waals surface area contributed by atoms with Gasteiger partial charge in [-0.2, -0.15) is 0 Å². The first kappa shape index (κ1) is 16.2. The van der Waals surface area contributed by atoms with Gasteiger partial charge >= 0.3 is 11.9 Å². The van der Waals surface area contributed by atoms with Gasteiger partial charge in [0.15, 0.2) is 5.41 Å². The molecule has 0 radical (unpaired) electrons. The van der Waals surface area contributed by atoms with Crippen molar-refractivity contribution in [3.8, 4) is 0 Å². The molecule has 0 aromatic heterocycles. The van der Waals surface area contributed by atoms with Crippen LogP contribution in [0.2, 0.25) is 0 Å². The van der Waals surface area contributed by atoms with E-state index in [-0.39, 0.29) is 31.7 Å². The first-order valence-corrected chi connectivity index (χ1v) is 5.66. The van der Waals surface area contributed by atoms with E-state index in [0.717, 1.165) is 0 Å². The van der Waals surface area contributed by atoms with Crippen molar-refractivity contribution >= 4 is 24.3 Å². The molecule has 0 saturated heterocycles. The van der Waals surface area contributed by atoms with Crippen LogP contribution in [0.15, 0.2) is 0 Å². The molecule has 0 heterocycles. The van der Waals surface area contributed by atoms with Gasteiger partial charge in [-0.05, 0) is 33.1 Å². The monoisotopic (exact) mass is 265 g/mol. The highest BCUT2D eigenvalue weighted by molar-refractivity contribution is 6.00. The van der Waals surface area contributed by atoms with Crippen LogP contribution in [0.3, 0.4) is 0 Å². The van der Waals surface area contributed by atoms with Crippen LogP contribution in [0.5, 0.6) is 0 Å². The maximum absolute atomic E-state index is 11.9. The Morgan fingerprint density at radius 3 is 2.00 bits per heavy atom. The van der Waals surface area contributed by atoms with Gasteiger partial charge in [0.25, 0.3) is 0 Å². The summed E-state index contributed by atoms with van der Waals surface area (Å²) in [6, 6.07) is -0.131. The van der Waals surface area contributed by atoms with Gasteiger partial charge in [-0.1, -0.05) is 0 Å². The van der Waals surface area contributed by atoms with Gasteiger partial charge in [-0.25, -0.2) is 0 Å². The van der Waals surface area contributed by atoms with Crippen molar-refractivity contribution < 1.29 is 19.1 Å². The third-order valence-electron chi connectivity index (χ3n) is 2.88. The average molecular weight is 266 g/mol. The van der Waals surface area contributed by atoms with Crippen molar-refractivity contribution in [2.75, 3.05) is 13.2 Å². The highest BCUT2D eigenvalue weighted by Crippen LogP contribution is 2.40. The molecule has 2 N–H and O–H groups in total. The fourth-order valence-corrected chi connectivity index (χ4v) is 2.08. The van der Waals surface area contributed by atoms with Crippen molar-refractivity contribution in [3.05, 3.63) is 0 Å². The Kier molecular flexibility index (Phi) is 6.49. The Labute approximate surface area is 107 Å². The molecule has 1 fully saturated rings. The Morgan fingerprint density at radius 1 is 1.24 bits per heavy atom. The molecule has 5 nitrogen and oxygen atoms in total. The lowest BCUT2D eigenvalue weighted by Gasteiger charge is -2.24. The molecular weight excluding hydrogens is 246 g/mol. The van der Waals surface area contributed by atoms with Gasteiger partial charge in [-0.3, -0.25) is 9.59 Å². The SMILES string of the molecule is CCOC(=O)C1(C(=O)OCC)CC[C@H](N)C1.Cl. The highest BCUT2D eigenvalue weighted by Gasteiger charge is 2.53. The molecule has 0 aromatic carbocycles. The minimum Gasteiger partial charge on any atom is -0.465 e. The Hall–Kier alpha value is -0.810. The molecule has 0 aliphatic heterocycles. The molecule has 0 bridgehead atoms. The molecule has 0 spiro atoms. The standard InChI is InChI=1S/C11H19NO4.ClH/c1-3-15-9(13)11(10(14)16-4-2)6-5-8(12)7-11;/h8H,3-7,12H2,1-2H3;1H/t8-;/m0./s1. The van der Waals surface area contributed by atoms with E-state index in [9.17, 15) is 9.59 Å². The van der Waals surface area contributed by atoms with Gasteiger partial charge in [0, 0.05) is 6.04 Å². The molecule has 0 amide bonds. The van der Waals surface area contributed by atoms with Gasteiger partial charge in [-0.15, -0.1) is 12.4 Å². The van der Waals surface area contributed by atoms with Crippen LogP contribution in [0, 0.1) is 5.41 Å². The summed E-state index contributed by atoms with van der Waals surface area (Å²) < 4.78 is 9.90. The van der Waals surface area contributed by atoms with E-state index in [4.69, 9.17) is 15.2 Å². The van der Waals surface area contributed by atoms with Crippen molar-refractivity contribution in [2.24, 2.45) is 11.1 Å². The molecule has 1 saturated carbocycles. The van der Waals surface area contributed by atoms with Gasteiger partial charge < -0.3 is 15.2 Å². The summed E-state index contributed by atoms with van der Waals surface area (Å²) in [5.41, 5.74) is 4.60. The fourth-order valence-electron chi connectivity index (χ4n) is 2.08. The largest absolute Gasteiger partial charge is 0.465 e. The second-order valence-corrected chi connectivity index (χ2v) is 4.03. The summed E-state index contributed by atoms with van der Waals surface area (Å²) in [6.07, 6.45) is 1.40. The number of hydrogen-bond donors (Lipinski definition) is 1. The number of rotatable bonds is 4. The van der Waals surface area contributed by atoms with Gasteiger partial charge in [0.1, 0.15) is 0 Å². The number of carbonyl (C=O) groups excluding carboxylic acids is 2. The molecular formula is C11H20ClNO4. The van der Waals surface area contributed by atoms with Gasteiger partial charge in [0.05, 0.1) is 13.2 Å². The summed E-state index contributed by atoms with van der Waals surface area (Å²) in [6.45, 7) is 3.95. The van der Waals surface area contributed by atoms with Crippen LogP contribution < -0.4 is 5.73 Å². The summed E-state index contributed by atoms with van der Waals surface area (Å²) in [7, 11) is 0. The lowest BCUT2D eigenvalue weighted by atomic mass is 9.86. The second kappa shape index (κ2) is 6.81. The lowest BCUT2D eigenvalue weighted by molar-refractivity contribution is -0.171. The molecule has 1 rings (SSSR count). The van der Waals surface area contributed by atoms with E-state index in [1.165, 1.54) is 0 Å². The molecule has 0 unspecified atom stereocenters. The van der Waals surface area contributed by atoms with Crippen molar-refractivity contribution in [2.45, 2.75) is 39.2 Å². The normalized spacial score (nSPS) is 21.5. The summed E-state index contributed by atoms with van der Waals surface area (Å²) >= 11 is 0. The van der Waals surface area contributed by atoms with Crippen molar-refractivity contribution in [1.82, 2.24) is 0 Å². The van der Waals surface area contributed by atoms with Crippen molar-refractivity contribution in [1.29, 1.82) is 0 Å². The summed E-state index contributed by atoms with van der Waals surface area (Å²) in [4.78, 5) is 23.7. The summed E-state index contributed by atoms with van der Waals surface area (Å²) in [5.74, 6) is -0.997. The minimum atomic E-state index is -1.16. The van der Waals surface area contributed by atoms with E-state index in [1.54, 1.807) is 13.8 Å². The van der Waals surface area contributed by atoms with E-state index in [2.05, 4.69) is 0 Å². The number of ether oxygens (including phenoxy) is 2. The highest BCUT2D eigenvalue weighted by atomic mass is 35.5. The Balaban J connectivity index is 0.00000256. The lowest BCUT2D eigenvalue weighted by Crippen LogP contribution is -2.41. The summed E-state index contributed by atoms with van der Waals surface area (Å²) in [5, 5.41) is 0.